The quantitative estimate of drug-likeness (QED) is 0.801. The molecule has 0 aliphatic rings. The summed E-state index contributed by atoms with van der Waals surface area (Å²) in [6, 6.07) is 10.2. The van der Waals surface area contributed by atoms with Crippen molar-refractivity contribution in [1.82, 2.24) is 10.6 Å². The van der Waals surface area contributed by atoms with Gasteiger partial charge in [0.2, 0.25) is 5.91 Å². The Kier molecular flexibility index (Phi) is 6.52. The summed E-state index contributed by atoms with van der Waals surface area (Å²) in [7, 11) is 2.03. The molecular formula is C16H27N3O. The minimum Gasteiger partial charge on any atom is -0.373 e. The van der Waals surface area contributed by atoms with Crippen LogP contribution in [0, 0.1) is 0 Å². The summed E-state index contributed by atoms with van der Waals surface area (Å²) in [5.41, 5.74) is 1.23. The number of hydrogen-bond donors (Lipinski definition) is 2. The molecule has 0 saturated heterocycles. The molecule has 0 bridgehead atoms. The molecule has 1 aromatic rings. The van der Waals surface area contributed by atoms with Gasteiger partial charge in [0.05, 0.1) is 0 Å². The number of carbonyl (C=O) groups is 1. The van der Waals surface area contributed by atoms with Crippen molar-refractivity contribution in [1.29, 1.82) is 0 Å². The van der Waals surface area contributed by atoms with Crippen LogP contribution >= 0.6 is 0 Å². The number of carbonyl (C=O) groups excluding carboxylic acids is 1. The normalized spacial score (nSPS) is 11.2. The first kappa shape index (κ1) is 16.5. The van der Waals surface area contributed by atoms with Gasteiger partial charge in [0.1, 0.15) is 0 Å². The van der Waals surface area contributed by atoms with E-state index in [1.54, 1.807) is 0 Å². The first-order valence-corrected chi connectivity index (χ1v) is 7.16. The molecule has 4 nitrogen and oxygen atoms in total. The number of benzene rings is 1. The van der Waals surface area contributed by atoms with E-state index in [1.807, 2.05) is 25.2 Å². The molecule has 0 radical (unpaired) electrons. The maximum absolute atomic E-state index is 11.7. The number of nitrogens with one attached hydrogen (secondary N) is 2. The maximum atomic E-state index is 11.7. The highest BCUT2D eigenvalue weighted by atomic mass is 16.1. The topological polar surface area (TPSA) is 44.4 Å². The summed E-state index contributed by atoms with van der Waals surface area (Å²) in [5, 5.41) is 6.26. The zero-order chi connectivity index (χ0) is 15.0. The second-order valence-corrected chi connectivity index (χ2v) is 6.03. The molecule has 0 spiro atoms. The van der Waals surface area contributed by atoms with E-state index in [-0.39, 0.29) is 11.4 Å². The summed E-state index contributed by atoms with van der Waals surface area (Å²) >= 11 is 0. The van der Waals surface area contributed by atoms with E-state index in [4.69, 9.17) is 0 Å². The summed E-state index contributed by atoms with van der Waals surface area (Å²) in [5.74, 6) is 0.100. The lowest BCUT2D eigenvalue weighted by atomic mass is 10.1. The predicted octanol–water partition coefficient (Wildman–Crippen LogP) is 2.02. The van der Waals surface area contributed by atoms with Crippen LogP contribution in [0.4, 0.5) is 5.69 Å². The third-order valence-corrected chi connectivity index (χ3v) is 2.97. The highest BCUT2D eigenvalue weighted by Gasteiger charge is 2.09. The largest absolute Gasteiger partial charge is 0.373 e. The number of hydrogen-bond acceptors (Lipinski definition) is 3. The standard InChI is InChI=1S/C16H27N3O/c1-16(2,3)18-11-10-15(20)17-12-13-19(4)14-8-6-5-7-9-14/h5-9,18H,10-13H2,1-4H3,(H,17,20). The molecule has 0 unspecified atom stereocenters. The molecule has 112 valence electrons. The van der Waals surface area contributed by atoms with Crippen molar-refractivity contribution in [2.75, 3.05) is 31.6 Å². The minimum absolute atomic E-state index is 0.0633. The second-order valence-electron chi connectivity index (χ2n) is 6.03. The monoisotopic (exact) mass is 277 g/mol. The van der Waals surface area contributed by atoms with Gasteiger partial charge in [-0.1, -0.05) is 18.2 Å². The van der Waals surface area contributed by atoms with Gasteiger partial charge in [-0.25, -0.2) is 0 Å². The molecular weight excluding hydrogens is 250 g/mol. The first-order valence-electron chi connectivity index (χ1n) is 7.16. The first-order chi connectivity index (χ1) is 9.38. The van der Waals surface area contributed by atoms with E-state index in [0.717, 1.165) is 12.2 Å². The van der Waals surface area contributed by atoms with Crippen LogP contribution in [-0.2, 0) is 4.79 Å². The van der Waals surface area contributed by atoms with Crippen molar-refractivity contribution in [2.45, 2.75) is 32.7 Å². The fourth-order valence-electron chi connectivity index (χ4n) is 1.81. The lowest BCUT2D eigenvalue weighted by Crippen LogP contribution is -2.39. The molecule has 20 heavy (non-hydrogen) atoms. The number of rotatable bonds is 7. The Morgan fingerprint density at radius 2 is 1.80 bits per heavy atom. The van der Waals surface area contributed by atoms with Crippen LogP contribution < -0.4 is 15.5 Å². The van der Waals surface area contributed by atoms with E-state index in [9.17, 15) is 4.79 Å². The van der Waals surface area contributed by atoms with Crippen molar-refractivity contribution in [2.24, 2.45) is 0 Å². The van der Waals surface area contributed by atoms with Gasteiger partial charge in [0.25, 0.3) is 0 Å². The van der Waals surface area contributed by atoms with Crippen LogP contribution in [0.15, 0.2) is 30.3 Å². The van der Waals surface area contributed by atoms with Crippen molar-refractivity contribution in [3.8, 4) is 0 Å². The van der Waals surface area contributed by atoms with Gasteiger partial charge in [0, 0.05) is 44.3 Å². The number of amides is 1. The fraction of sp³-hybridized carbons (Fsp3) is 0.562. The smallest absolute Gasteiger partial charge is 0.221 e. The van der Waals surface area contributed by atoms with Crippen molar-refractivity contribution < 1.29 is 4.79 Å². The number of nitrogens with zero attached hydrogens (tertiary/aromatic N) is 1. The molecule has 0 aliphatic carbocycles. The summed E-state index contributed by atoms with van der Waals surface area (Å²) in [6.45, 7) is 8.48. The second kappa shape index (κ2) is 7.90. The van der Waals surface area contributed by atoms with Crippen LogP contribution in [-0.4, -0.2) is 38.1 Å². The average molecular weight is 277 g/mol. The van der Waals surface area contributed by atoms with Crippen LogP contribution in [0.3, 0.4) is 0 Å². The van der Waals surface area contributed by atoms with Crippen LogP contribution in [0.1, 0.15) is 27.2 Å². The van der Waals surface area contributed by atoms with E-state index < -0.39 is 0 Å². The van der Waals surface area contributed by atoms with Crippen LogP contribution in [0.5, 0.6) is 0 Å². The lowest BCUT2D eigenvalue weighted by Gasteiger charge is -2.21. The number of anilines is 1. The highest BCUT2D eigenvalue weighted by molar-refractivity contribution is 5.76. The lowest BCUT2D eigenvalue weighted by molar-refractivity contribution is -0.120. The zero-order valence-electron chi connectivity index (χ0n) is 13.1. The van der Waals surface area contributed by atoms with E-state index in [1.165, 1.54) is 0 Å². The van der Waals surface area contributed by atoms with Gasteiger partial charge in [-0.2, -0.15) is 0 Å². The van der Waals surface area contributed by atoms with Gasteiger partial charge >= 0.3 is 0 Å². The van der Waals surface area contributed by atoms with Crippen LogP contribution in [0.2, 0.25) is 0 Å². The molecule has 1 aromatic carbocycles. The Balaban J connectivity index is 2.16. The molecule has 0 heterocycles. The van der Waals surface area contributed by atoms with Crippen molar-refractivity contribution in [3.63, 3.8) is 0 Å². The predicted molar refractivity (Wildman–Crippen MR) is 85.1 cm³/mol. The molecule has 2 N–H and O–H groups in total. The average Bonchev–Trinajstić information content (AvgIpc) is 2.38. The SMILES string of the molecule is CN(CCNC(=O)CCNC(C)(C)C)c1ccccc1. The van der Waals surface area contributed by atoms with E-state index >= 15 is 0 Å². The minimum atomic E-state index is 0.0633. The van der Waals surface area contributed by atoms with Gasteiger partial charge in [-0.15, -0.1) is 0 Å². The Morgan fingerprint density at radius 1 is 1.15 bits per heavy atom. The van der Waals surface area contributed by atoms with E-state index in [2.05, 4.69) is 48.4 Å². The Morgan fingerprint density at radius 3 is 2.40 bits per heavy atom. The van der Waals surface area contributed by atoms with Gasteiger partial charge in [0.15, 0.2) is 0 Å². The number of para-hydroxylation sites is 1. The highest BCUT2D eigenvalue weighted by Crippen LogP contribution is 2.09. The Bertz CT molecular complexity index is 398. The van der Waals surface area contributed by atoms with Crippen LogP contribution in [0.25, 0.3) is 0 Å². The molecule has 4 heteroatoms. The summed E-state index contributed by atoms with van der Waals surface area (Å²) < 4.78 is 0. The van der Waals surface area contributed by atoms with Gasteiger partial charge in [-0.05, 0) is 32.9 Å². The molecule has 0 atom stereocenters. The van der Waals surface area contributed by atoms with Gasteiger partial charge in [-0.3, -0.25) is 4.79 Å². The third-order valence-electron chi connectivity index (χ3n) is 2.97. The molecule has 0 aromatic heterocycles. The molecule has 0 aliphatic heterocycles. The molecule has 1 amide bonds. The number of likely N-dealkylation sites (N-methyl/N-ethyl adjacent to an activating group) is 1. The Hall–Kier alpha value is -1.55. The fourth-order valence-corrected chi connectivity index (χ4v) is 1.81. The Labute approximate surface area is 122 Å². The van der Waals surface area contributed by atoms with Gasteiger partial charge < -0.3 is 15.5 Å². The van der Waals surface area contributed by atoms with E-state index in [0.29, 0.717) is 19.5 Å². The van der Waals surface area contributed by atoms with Crippen molar-refractivity contribution >= 4 is 11.6 Å². The maximum Gasteiger partial charge on any atom is 0.221 e. The zero-order valence-corrected chi connectivity index (χ0v) is 13.1. The molecule has 0 saturated carbocycles. The van der Waals surface area contributed by atoms with Crippen molar-refractivity contribution in [3.05, 3.63) is 30.3 Å². The summed E-state index contributed by atoms with van der Waals surface area (Å²) in [4.78, 5) is 13.8. The third kappa shape index (κ3) is 7.14. The molecule has 1 rings (SSSR count). The molecule has 0 fully saturated rings. The summed E-state index contributed by atoms with van der Waals surface area (Å²) in [6.07, 6.45) is 0.520.